The van der Waals surface area contributed by atoms with Gasteiger partial charge in [-0.05, 0) is 35.7 Å². The molecule has 0 aromatic heterocycles. The highest BCUT2D eigenvalue weighted by Crippen LogP contribution is 2.28. The van der Waals surface area contributed by atoms with E-state index in [1.165, 1.54) is 16.7 Å². The molecule has 98 valence electrons. The van der Waals surface area contributed by atoms with Gasteiger partial charge in [0.2, 0.25) is 0 Å². The summed E-state index contributed by atoms with van der Waals surface area (Å²) in [6.45, 7) is 2.12. The maximum Gasteiger partial charge on any atom is 0.119 e. The van der Waals surface area contributed by atoms with E-state index in [0.29, 0.717) is 0 Å². The van der Waals surface area contributed by atoms with Gasteiger partial charge < -0.3 is 4.74 Å². The average molecular weight is 317 g/mol. The molecule has 2 aromatic rings. The van der Waals surface area contributed by atoms with Crippen LogP contribution < -0.4 is 4.74 Å². The van der Waals surface area contributed by atoms with Gasteiger partial charge in [0, 0.05) is 0 Å². The summed E-state index contributed by atoms with van der Waals surface area (Å²) < 4.78 is 5.24. The van der Waals surface area contributed by atoms with E-state index in [-0.39, 0.29) is 4.83 Å². The van der Waals surface area contributed by atoms with E-state index >= 15 is 0 Å². The van der Waals surface area contributed by atoms with Crippen LogP contribution >= 0.6 is 15.9 Å². The van der Waals surface area contributed by atoms with Crippen molar-refractivity contribution < 1.29 is 4.74 Å². The first-order chi connectivity index (χ1) is 9.20. The fourth-order valence-electron chi connectivity index (χ4n) is 1.89. The Morgan fingerprint density at radius 1 is 1.11 bits per heavy atom. The molecule has 2 aromatic carbocycles. The number of hydrogen-bond acceptors (Lipinski definition) is 1. The largest absolute Gasteiger partial charge is 0.497 e. The van der Waals surface area contributed by atoms with Crippen molar-refractivity contribution in [3.8, 4) is 5.75 Å². The van der Waals surface area contributed by atoms with E-state index in [1.54, 1.807) is 7.11 Å². The van der Waals surface area contributed by atoms with Crippen LogP contribution in [0.1, 0.15) is 21.5 Å². The molecule has 0 aliphatic carbocycles. The van der Waals surface area contributed by atoms with E-state index in [0.717, 1.165) is 5.75 Å². The summed E-state index contributed by atoms with van der Waals surface area (Å²) in [7, 11) is 1.69. The smallest absolute Gasteiger partial charge is 0.119 e. The first-order valence-electron chi connectivity index (χ1n) is 6.22. The molecule has 0 aliphatic rings. The second-order valence-corrected chi connectivity index (χ2v) is 5.38. The van der Waals surface area contributed by atoms with Gasteiger partial charge in [-0.2, -0.15) is 0 Å². The molecule has 0 fully saturated rings. The Morgan fingerprint density at radius 3 is 2.63 bits per heavy atom. The number of alkyl halides is 1. The number of methoxy groups -OCH3 is 1. The fraction of sp³-hybridized carbons (Fsp3) is 0.176. The second kappa shape index (κ2) is 6.58. The van der Waals surface area contributed by atoms with E-state index in [9.17, 15) is 0 Å². The first-order valence-corrected chi connectivity index (χ1v) is 7.14. The predicted molar refractivity (Wildman–Crippen MR) is 84.9 cm³/mol. The van der Waals surface area contributed by atoms with Crippen LogP contribution in [0, 0.1) is 6.92 Å². The summed E-state index contributed by atoms with van der Waals surface area (Å²) in [5.74, 6) is 0.881. The molecule has 0 N–H and O–H groups in total. The zero-order valence-electron chi connectivity index (χ0n) is 11.1. The Balaban J connectivity index is 2.16. The zero-order valence-corrected chi connectivity index (χ0v) is 12.7. The Labute approximate surface area is 123 Å². The van der Waals surface area contributed by atoms with Crippen LogP contribution in [0.3, 0.4) is 0 Å². The van der Waals surface area contributed by atoms with Crippen molar-refractivity contribution in [3.05, 3.63) is 71.3 Å². The predicted octanol–water partition coefficient (Wildman–Crippen LogP) is 5.15. The monoisotopic (exact) mass is 316 g/mol. The van der Waals surface area contributed by atoms with Crippen molar-refractivity contribution in [1.29, 1.82) is 0 Å². The van der Waals surface area contributed by atoms with Gasteiger partial charge >= 0.3 is 0 Å². The minimum atomic E-state index is 0.183. The van der Waals surface area contributed by atoms with Crippen LogP contribution in [-0.2, 0) is 0 Å². The van der Waals surface area contributed by atoms with Gasteiger partial charge in [-0.25, -0.2) is 0 Å². The highest BCUT2D eigenvalue weighted by atomic mass is 79.9. The molecule has 0 radical (unpaired) electrons. The van der Waals surface area contributed by atoms with E-state index in [1.807, 2.05) is 18.2 Å². The van der Waals surface area contributed by atoms with Crippen LogP contribution in [0.4, 0.5) is 0 Å². The van der Waals surface area contributed by atoms with Crippen molar-refractivity contribution in [2.45, 2.75) is 11.8 Å². The fourth-order valence-corrected chi connectivity index (χ4v) is 2.32. The quantitative estimate of drug-likeness (QED) is 0.708. The lowest BCUT2D eigenvalue weighted by Crippen LogP contribution is -1.88. The summed E-state index contributed by atoms with van der Waals surface area (Å²) in [6, 6.07) is 16.4. The summed E-state index contributed by atoms with van der Waals surface area (Å²) in [4.78, 5) is 0.183. The van der Waals surface area contributed by atoms with Gasteiger partial charge in [0.1, 0.15) is 5.75 Å². The molecular weight excluding hydrogens is 300 g/mol. The number of halogens is 1. The number of ether oxygens (including phenoxy) is 1. The third kappa shape index (κ3) is 3.71. The summed E-state index contributed by atoms with van der Waals surface area (Å²) in [6.07, 6.45) is 4.30. The van der Waals surface area contributed by atoms with Crippen LogP contribution in [0.5, 0.6) is 5.75 Å². The molecule has 0 bridgehead atoms. The van der Waals surface area contributed by atoms with Gasteiger partial charge in [0.05, 0.1) is 11.9 Å². The molecule has 0 heterocycles. The molecule has 0 saturated heterocycles. The highest BCUT2D eigenvalue weighted by molar-refractivity contribution is 9.09. The molecule has 0 amide bonds. The van der Waals surface area contributed by atoms with Crippen molar-refractivity contribution in [2.24, 2.45) is 0 Å². The number of rotatable bonds is 4. The van der Waals surface area contributed by atoms with Crippen LogP contribution in [-0.4, -0.2) is 7.11 Å². The number of allylic oxidation sites excluding steroid dienone is 1. The number of benzene rings is 2. The lowest BCUT2D eigenvalue weighted by molar-refractivity contribution is 0.414. The molecular formula is C17H17BrO. The maximum absolute atomic E-state index is 5.24. The lowest BCUT2D eigenvalue weighted by Gasteiger charge is -2.07. The average Bonchev–Trinajstić information content (AvgIpc) is 2.46. The summed E-state index contributed by atoms with van der Waals surface area (Å²) >= 11 is 3.69. The standard InChI is InChI=1S/C17H17BrO/c1-13-6-3-4-7-14(13)10-11-17(18)15-8-5-9-16(12-15)19-2/h3-12,17H,1-2H3. The minimum Gasteiger partial charge on any atom is -0.497 e. The van der Waals surface area contributed by atoms with Gasteiger partial charge in [0.15, 0.2) is 0 Å². The third-order valence-corrected chi connectivity index (χ3v) is 3.88. The van der Waals surface area contributed by atoms with Crippen LogP contribution in [0.25, 0.3) is 6.08 Å². The minimum absolute atomic E-state index is 0.183. The Morgan fingerprint density at radius 2 is 1.89 bits per heavy atom. The molecule has 0 saturated carbocycles. The van der Waals surface area contributed by atoms with Gasteiger partial charge in [-0.15, -0.1) is 0 Å². The Hall–Kier alpha value is -1.54. The first kappa shape index (κ1) is 13.9. The molecule has 2 rings (SSSR count). The normalized spacial score (nSPS) is 12.6. The van der Waals surface area contributed by atoms with E-state index < -0.39 is 0 Å². The SMILES string of the molecule is COc1cccc(C(Br)C=Cc2ccccc2C)c1. The molecule has 1 unspecified atom stereocenters. The van der Waals surface area contributed by atoms with E-state index in [2.05, 4.69) is 65.3 Å². The molecule has 1 atom stereocenters. The van der Waals surface area contributed by atoms with Crippen LogP contribution in [0.2, 0.25) is 0 Å². The molecule has 0 spiro atoms. The highest BCUT2D eigenvalue weighted by Gasteiger charge is 2.04. The maximum atomic E-state index is 5.24. The van der Waals surface area contributed by atoms with Crippen molar-refractivity contribution >= 4 is 22.0 Å². The number of hydrogen-bond donors (Lipinski definition) is 0. The Kier molecular flexibility index (Phi) is 4.80. The summed E-state index contributed by atoms with van der Waals surface area (Å²) in [5, 5.41) is 0. The zero-order chi connectivity index (χ0) is 13.7. The van der Waals surface area contributed by atoms with Crippen molar-refractivity contribution in [2.75, 3.05) is 7.11 Å². The molecule has 1 nitrogen and oxygen atoms in total. The Bertz CT molecular complexity index is 575. The third-order valence-electron chi connectivity index (χ3n) is 3.05. The van der Waals surface area contributed by atoms with E-state index in [4.69, 9.17) is 4.74 Å². The number of aryl methyl sites for hydroxylation is 1. The molecule has 0 aliphatic heterocycles. The van der Waals surface area contributed by atoms with Gasteiger partial charge in [0.25, 0.3) is 0 Å². The van der Waals surface area contributed by atoms with Gasteiger partial charge in [-0.1, -0.05) is 64.5 Å². The van der Waals surface area contributed by atoms with Crippen molar-refractivity contribution in [1.82, 2.24) is 0 Å². The topological polar surface area (TPSA) is 9.23 Å². The lowest BCUT2D eigenvalue weighted by atomic mass is 10.1. The van der Waals surface area contributed by atoms with Crippen LogP contribution in [0.15, 0.2) is 54.6 Å². The molecule has 19 heavy (non-hydrogen) atoms. The molecule has 2 heteroatoms. The van der Waals surface area contributed by atoms with Gasteiger partial charge in [-0.3, -0.25) is 0 Å². The van der Waals surface area contributed by atoms with Crippen molar-refractivity contribution in [3.63, 3.8) is 0 Å². The second-order valence-electron chi connectivity index (χ2n) is 4.39. The summed E-state index contributed by atoms with van der Waals surface area (Å²) in [5.41, 5.74) is 3.71.